The largest absolute Gasteiger partial charge is 0.444 e. The highest BCUT2D eigenvalue weighted by Crippen LogP contribution is 2.39. The lowest BCUT2D eigenvalue weighted by molar-refractivity contribution is -0.118. The third-order valence-corrected chi connectivity index (χ3v) is 4.02. The van der Waals surface area contributed by atoms with Crippen LogP contribution in [0, 0.1) is 5.92 Å². The SMILES string of the molecule is CC(C)(C)OC(=O)NC[C@](C)(NC(=O)/C=C/c1ccncc1)C1CC1. The Bertz CT molecular complexity index is 633. The number of nitrogens with zero attached hydrogens (tertiary/aromatic N) is 1. The summed E-state index contributed by atoms with van der Waals surface area (Å²) in [7, 11) is 0. The van der Waals surface area contributed by atoms with Gasteiger partial charge in [-0.25, -0.2) is 4.79 Å². The van der Waals surface area contributed by atoms with Crippen LogP contribution in [-0.2, 0) is 9.53 Å². The number of nitrogens with one attached hydrogen (secondary N) is 2. The van der Waals surface area contributed by atoms with E-state index in [1.54, 1.807) is 18.5 Å². The molecule has 1 aliphatic rings. The smallest absolute Gasteiger partial charge is 0.407 e. The Morgan fingerprint density at radius 1 is 1.24 bits per heavy atom. The second-order valence-electron chi connectivity index (χ2n) is 7.65. The zero-order chi connectivity index (χ0) is 18.5. The summed E-state index contributed by atoms with van der Waals surface area (Å²) in [5.74, 6) is 0.179. The summed E-state index contributed by atoms with van der Waals surface area (Å²) in [5, 5.41) is 5.80. The molecule has 6 heteroatoms. The number of hydrogen-bond acceptors (Lipinski definition) is 4. The molecule has 0 bridgehead atoms. The molecular formula is C19H27N3O3. The fraction of sp³-hybridized carbons (Fsp3) is 0.526. The molecule has 1 aliphatic carbocycles. The molecule has 0 unspecified atom stereocenters. The molecule has 1 aromatic rings. The number of aromatic nitrogens is 1. The van der Waals surface area contributed by atoms with Crippen LogP contribution in [0.4, 0.5) is 4.79 Å². The standard InChI is InChI=1S/C19H27N3O3/c1-18(2,3)25-17(24)21-13-19(4,15-6-7-15)22-16(23)8-5-14-9-11-20-12-10-14/h5,8-12,15H,6-7,13H2,1-4H3,(H,21,24)(H,22,23)/b8-5+/t19-/m0/s1. The number of ether oxygens (including phenoxy) is 1. The van der Waals surface area contributed by atoms with Gasteiger partial charge in [-0.05, 0) is 70.2 Å². The average molecular weight is 345 g/mol. The number of pyridine rings is 1. The van der Waals surface area contributed by atoms with E-state index in [4.69, 9.17) is 4.74 Å². The molecule has 0 saturated heterocycles. The van der Waals surface area contributed by atoms with E-state index < -0.39 is 17.2 Å². The fourth-order valence-corrected chi connectivity index (χ4v) is 2.55. The molecule has 0 spiro atoms. The van der Waals surface area contributed by atoms with E-state index in [-0.39, 0.29) is 5.91 Å². The molecule has 1 fully saturated rings. The zero-order valence-corrected chi connectivity index (χ0v) is 15.3. The summed E-state index contributed by atoms with van der Waals surface area (Å²) < 4.78 is 5.26. The molecule has 0 aromatic carbocycles. The van der Waals surface area contributed by atoms with Crippen molar-refractivity contribution in [1.82, 2.24) is 15.6 Å². The molecule has 1 heterocycles. The van der Waals surface area contributed by atoms with Gasteiger partial charge in [-0.2, -0.15) is 0 Å². The van der Waals surface area contributed by atoms with Crippen molar-refractivity contribution >= 4 is 18.1 Å². The summed E-state index contributed by atoms with van der Waals surface area (Å²) in [6.45, 7) is 7.75. The first-order valence-electron chi connectivity index (χ1n) is 8.55. The minimum Gasteiger partial charge on any atom is -0.444 e. The molecule has 1 atom stereocenters. The van der Waals surface area contributed by atoms with Crippen LogP contribution in [0.25, 0.3) is 6.08 Å². The lowest BCUT2D eigenvalue weighted by atomic mass is 9.95. The normalized spacial score (nSPS) is 17.0. The maximum absolute atomic E-state index is 12.3. The van der Waals surface area contributed by atoms with E-state index in [1.807, 2.05) is 39.8 Å². The first kappa shape index (κ1) is 19.0. The van der Waals surface area contributed by atoms with Crippen LogP contribution in [0.5, 0.6) is 0 Å². The highest BCUT2D eigenvalue weighted by atomic mass is 16.6. The number of alkyl carbamates (subject to hydrolysis) is 1. The topological polar surface area (TPSA) is 80.3 Å². The molecule has 2 rings (SSSR count). The van der Waals surface area contributed by atoms with Gasteiger partial charge in [0, 0.05) is 25.0 Å². The Kier molecular flexibility index (Phi) is 5.82. The van der Waals surface area contributed by atoms with Crippen LogP contribution in [0.2, 0.25) is 0 Å². The second kappa shape index (κ2) is 7.68. The summed E-state index contributed by atoms with van der Waals surface area (Å²) in [6, 6.07) is 3.65. The van der Waals surface area contributed by atoms with E-state index in [0.29, 0.717) is 12.5 Å². The van der Waals surface area contributed by atoms with Crippen molar-refractivity contribution < 1.29 is 14.3 Å². The van der Waals surface area contributed by atoms with Crippen LogP contribution in [0.15, 0.2) is 30.6 Å². The van der Waals surface area contributed by atoms with Crippen molar-refractivity contribution in [3.8, 4) is 0 Å². The lowest BCUT2D eigenvalue weighted by Gasteiger charge is -2.31. The first-order valence-corrected chi connectivity index (χ1v) is 8.55. The molecule has 136 valence electrons. The Morgan fingerprint density at radius 2 is 1.88 bits per heavy atom. The maximum atomic E-state index is 12.3. The van der Waals surface area contributed by atoms with E-state index in [2.05, 4.69) is 15.6 Å². The van der Waals surface area contributed by atoms with Crippen molar-refractivity contribution in [2.45, 2.75) is 51.7 Å². The number of rotatable bonds is 6. The Hall–Kier alpha value is -2.37. The summed E-state index contributed by atoms with van der Waals surface area (Å²) >= 11 is 0. The third-order valence-electron chi connectivity index (χ3n) is 4.02. The molecular weight excluding hydrogens is 318 g/mol. The quantitative estimate of drug-likeness (QED) is 0.777. The van der Waals surface area contributed by atoms with E-state index in [1.165, 1.54) is 6.08 Å². The summed E-state index contributed by atoms with van der Waals surface area (Å²) in [5.41, 5.74) is -0.127. The van der Waals surface area contributed by atoms with Gasteiger partial charge in [0.1, 0.15) is 5.60 Å². The van der Waals surface area contributed by atoms with E-state index in [0.717, 1.165) is 18.4 Å². The van der Waals surface area contributed by atoms with Gasteiger partial charge in [-0.1, -0.05) is 0 Å². The summed E-state index contributed by atoms with van der Waals surface area (Å²) in [4.78, 5) is 28.1. The van der Waals surface area contributed by atoms with Gasteiger partial charge in [0.05, 0.1) is 5.54 Å². The van der Waals surface area contributed by atoms with Gasteiger partial charge >= 0.3 is 6.09 Å². The van der Waals surface area contributed by atoms with E-state index >= 15 is 0 Å². The molecule has 2 N–H and O–H groups in total. The van der Waals surface area contributed by atoms with Gasteiger partial charge < -0.3 is 15.4 Å². The third kappa shape index (κ3) is 6.57. The Balaban J connectivity index is 1.91. The monoisotopic (exact) mass is 345 g/mol. The Labute approximate surface area is 149 Å². The minimum atomic E-state index is -0.545. The molecule has 6 nitrogen and oxygen atoms in total. The number of carbonyl (C=O) groups excluding carboxylic acids is 2. The van der Waals surface area contributed by atoms with Crippen LogP contribution in [0.1, 0.15) is 46.1 Å². The number of hydrogen-bond donors (Lipinski definition) is 2. The first-order chi connectivity index (χ1) is 11.7. The van der Waals surface area contributed by atoms with Crippen molar-refractivity contribution in [3.05, 3.63) is 36.2 Å². The Morgan fingerprint density at radius 3 is 2.44 bits per heavy atom. The van der Waals surface area contributed by atoms with Crippen LogP contribution in [0.3, 0.4) is 0 Å². The zero-order valence-electron chi connectivity index (χ0n) is 15.3. The fourth-order valence-electron chi connectivity index (χ4n) is 2.55. The van der Waals surface area contributed by atoms with Crippen LogP contribution in [-0.4, -0.2) is 34.7 Å². The molecule has 2 amide bonds. The van der Waals surface area contributed by atoms with Crippen molar-refractivity contribution in [2.75, 3.05) is 6.54 Å². The predicted octanol–water partition coefficient (Wildman–Crippen LogP) is 2.90. The second-order valence-corrected chi connectivity index (χ2v) is 7.65. The van der Waals surface area contributed by atoms with Crippen molar-refractivity contribution in [2.24, 2.45) is 5.92 Å². The van der Waals surface area contributed by atoms with Crippen LogP contribution < -0.4 is 10.6 Å². The molecule has 0 aliphatic heterocycles. The number of amides is 2. The molecule has 1 aromatic heterocycles. The van der Waals surface area contributed by atoms with Gasteiger partial charge in [-0.15, -0.1) is 0 Å². The number of carbonyl (C=O) groups is 2. The lowest BCUT2D eigenvalue weighted by Crippen LogP contribution is -2.55. The van der Waals surface area contributed by atoms with Crippen molar-refractivity contribution in [3.63, 3.8) is 0 Å². The maximum Gasteiger partial charge on any atom is 0.407 e. The molecule has 25 heavy (non-hydrogen) atoms. The molecule has 0 radical (unpaired) electrons. The van der Waals surface area contributed by atoms with Gasteiger partial charge in [-0.3, -0.25) is 9.78 Å². The van der Waals surface area contributed by atoms with E-state index in [9.17, 15) is 9.59 Å². The minimum absolute atomic E-state index is 0.183. The van der Waals surface area contributed by atoms with Gasteiger partial charge in [0.15, 0.2) is 0 Å². The van der Waals surface area contributed by atoms with Crippen molar-refractivity contribution in [1.29, 1.82) is 0 Å². The highest BCUT2D eigenvalue weighted by Gasteiger charge is 2.42. The highest BCUT2D eigenvalue weighted by molar-refractivity contribution is 5.92. The van der Waals surface area contributed by atoms with Gasteiger partial charge in [0.25, 0.3) is 0 Å². The van der Waals surface area contributed by atoms with Gasteiger partial charge in [0.2, 0.25) is 5.91 Å². The predicted molar refractivity (Wildman–Crippen MR) is 96.8 cm³/mol. The molecule has 1 saturated carbocycles. The summed E-state index contributed by atoms with van der Waals surface area (Å²) in [6.07, 6.45) is 8.21. The average Bonchev–Trinajstić information content (AvgIpc) is 3.36. The van der Waals surface area contributed by atoms with Crippen LogP contribution >= 0.6 is 0 Å².